The molecule has 2 unspecified atom stereocenters. The molecule has 1 rings (SSSR count). The normalized spacial score (nSPS) is 14.1. The van der Waals surface area contributed by atoms with Crippen molar-refractivity contribution in [2.45, 2.75) is 25.0 Å². The summed E-state index contributed by atoms with van der Waals surface area (Å²) in [5, 5.41) is 27.8. The van der Waals surface area contributed by atoms with Crippen molar-refractivity contribution in [3.05, 3.63) is 35.4 Å². The Morgan fingerprint density at radius 2 is 1.88 bits per heavy atom. The van der Waals surface area contributed by atoms with Crippen LogP contribution in [0, 0.1) is 11.3 Å². The zero-order chi connectivity index (χ0) is 12.0. The lowest BCUT2D eigenvalue weighted by Gasteiger charge is -2.17. The Morgan fingerprint density at radius 3 is 2.38 bits per heavy atom. The van der Waals surface area contributed by atoms with E-state index in [4.69, 9.17) is 11.0 Å². The van der Waals surface area contributed by atoms with Gasteiger partial charge in [0.15, 0.2) is 0 Å². The predicted molar refractivity (Wildman–Crippen MR) is 60.4 cm³/mol. The van der Waals surface area contributed by atoms with E-state index in [-0.39, 0.29) is 0 Å². The number of aliphatic hydroxyl groups is 2. The van der Waals surface area contributed by atoms with Gasteiger partial charge in [-0.1, -0.05) is 24.3 Å². The van der Waals surface area contributed by atoms with Crippen molar-refractivity contribution >= 4 is 0 Å². The summed E-state index contributed by atoms with van der Waals surface area (Å²) in [6.45, 7) is 0.338. The number of rotatable bonds is 5. The van der Waals surface area contributed by atoms with Crippen LogP contribution >= 0.6 is 0 Å². The van der Waals surface area contributed by atoms with Gasteiger partial charge in [0.2, 0.25) is 0 Å². The lowest BCUT2D eigenvalue weighted by Crippen LogP contribution is -2.21. The van der Waals surface area contributed by atoms with Gasteiger partial charge in [0.1, 0.15) is 6.10 Å². The number of nitrogens with zero attached hydrogens (tertiary/aromatic N) is 1. The molecule has 4 N–H and O–H groups in total. The molecule has 0 aliphatic heterocycles. The molecule has 0 aromatic heterocycles. The van der Waals surface area contributed by atoms with E-state index in [1.165, 1.54) is 0 Å². The predicted octanol–water partition coefficient (Wildman–Crippen LogP) is 0.496. The molecular weight excluding hydrogens is 204 g/mol. The first kappa shape index (κ1) is 12.7. The summed E-state index contributed by atoms with van der Waals surface area (Å²) in [4.78, 5) is 0. The van der Waals surface area contributed by atoms with E-state index in [9.17, 15) is 10.2 Å². The third-order valence-electron chi connectivity index (χ3n) is 2.43. The fourth-order valence-electron chi connectivity index (χ4n) is 1.47. The van der Waals surface area contributed by atoms with E-state index in [2.05, 4.69) is 0 Å². The zero-order valence-electron chi connectivity index (χ0n) is 9.00. The number of hydrogen-bond acceptors (Lipinski definition) is 4. The number of nitriles is 1. The van der Waals surface area contributed by atoms with Crippen LogP contribution in [0.2, 0.25) is 0 Å². The van der Waals surface area contributed by atoms with Gasteiger partial charge >= 0.3 is 0 Å². The molecule has 1 aromatic rings. The lowest BCUT2D eigenvalue weighted by molar-refractivity contribution is 0.0150. The van der Waals surface area contributed by atoms with Crippen molar-refractivity contribution in [2.24, 2.45) is 5.73 Å². The summed E-state index contributed by atoms with van der Waals surface area (Å²) in [7, 11) is 0. The van der Waals surface area contributed by atoms with Gasteiger partial charge in [0, 0.05) is 0 Å². The molecule has 0 bridgehead atoms. The van der Waals surface area contributed by atoms with Gasteiger partial charge in [-0.25, -0.2) is 0 Å². The molecule has 0 aliphatic rings. The summed E-state index contributed by atoms with van der Waals surface area (Å²) in [5.74, 6) is 0. The van der Waals surface area contributed by atoms with E-state index in [0.717, 1.165) is 5.56 Å². The second-order valence-corrected chi connectivity index (χ2v) is 3.67. The average Bonchev–Trinajstić information content (AvgIpc) is 2.30. The van der Waals surface area contributed by atoms with Crippen LogP contribution in [-0.2, 0) is 6.42 Å². The minimum absolute atomic E-state index is 0.338. The third kappa shape index (κ3) is 3.31. The quantitative estimate of drug-likeness (QED) is 0.673. The second kappa shape index (κ2) is 6.23. The van der Waals surface area contributed by atoms with Gasteiger partial charge in [-0.3, -0.25) is 0 Å². The molecule has 0 saturated carbocycles. The molecule has 0 radical (unpaired) electrons. The summed E-state index contributed by atoms with van der Waals surface area (Å²) in [6.07, 6.45) is -1.05. The highest BCUT2D eigenvalue weighted by Gasteiger charge is 2.17. The van der Waals surface area contributed by atoms with Crippen LogP contribution < -0.4 is 5.73 Å². The average molecular weight is 220 g/mol. The van der Waals surface area contributed by atoms with Gasteiger partial charge in [-0.2, -0.15) is 5.26 Å². The highest BCUT2D eigenvalue weighted by Crippen LogP contribution is 2.19. The highest BCUT2D eigenvalue weighted by molar-refractivity contribution is 5.26. The van der Waals surface area contributed by atoms with Crippen LogP contribution in [0.5, 0.6) is 0 Å². The Balaban J connectivity index is 2.70. The first-order valence-corrected chi connectivity index (χ1v) is 5.21. The first-order chi connectivity index (χ1) is 7.69. The molecule has 16 heavy (non-hydrogen) atoms. The fraction of sp³-hybridized carbons (Fsp3) is 0.417. The number of benzene rings is 1. The van der Waals surface area contributed by atoms with Gasteiger partial charge in [0.05, 0.1) is 18.6 Å². The molecule has 0 fully saturated rings. The van der Waals surface area contributed by atoms with Crippen LogP contribution in [0.25, 0.3) is 0 Å². The van der Waals surface area contributed by atoms with Gasteiger partial charge < -0.3 is 15.9 Å². The van der Waals surface area contributed by atoms with Gasteiger partial charge in [0.25, 0.3) is 0 Å². The van der Waals surface area contributed by atoms with Crippen molar-refractivity contribution in [1.29, 1.82) is 5.26 Å². The van der Waals surface area contributed by atoms with E-state index < -0.39 is 12.2 Å². The monoisotopic (exact) mass is 220 g/mol. The summed E-state index contributed by atoms with van der Waals surface area (Å²) >= 11 is 0. The minimum Gasteiger partial charge on any atom is -0.390 e. The molecule has 4 heteroatoms. The standard InChI is InChI=1S/C12H16N2O2/c13-7-5-9-1-3-10(4-2-9)12(16)11(15)6-8-14/h1-4,11-12,15-16H,5-6,8,14H2. The Labute approximate surface area is 94.9 Å². The van der Waals surface area contributed by atoms with Crippen molar-refractivity contribution in [1.82, 2.24) is 0 Å². The van der Waals surface area contributed by atoms with Crippen LogP contribution in [0.15, 0.2) is 24.3 Å². The van der Waals surface area contributed by atoms with Gasteiger partial charge in [-0.05, 0) is 24.1 Å². The maximum Gasteiger partial charge on any atom is 0.105 e. The number of hydrogen-bond donors (Lipinski definition) is 3. The van der Waals surface area contributed by atoms with Crippen molar-refractivity contribution < 1.29 is 10.2 Å². The maximum atomic E-state index is 9.77. The second-order valence-electron chi connectivity index (χ2n) is 3.67. The van der Waals surface area contributed by atoms with E-state index in [1.54, 1.807) is 24.3 Å². The molecule has 0 heterocycles. The van der Waals surface area contributed by atoms with Crippen LogP contribution in [0.1, 0.15) is 23.7 Å². The maximum absolute atomic E-state index is 9.77. The molecule has 0 aliphatic carbocycles. The summed E-state index contributed by atoms with van der Waals surface area (Å²) in [5.41, 5.74) is 6.84. The molecule has 1 aromatic carbocycles. The molecule has 0 spiro atoms. The van der Waals surface area contributed by atoms with Crippen molar-refractivity contribution in [3.63, 3.8) is 0 Å². The van der Waals surface area contributed by atoms with Gasteiger partial charge in [-0.15, -0.1) is 0 Å². The molecule has 0 amide bonds. The number of aliphatic hydroxyl groups excluding tert-OH is 2. The topological polar surface area (TPSA) is 90.3 Å². The molecular formula is C12H16N2O2. The Bertz CT molecular complexity index is 356. The Morgan fingerprint density at radius 1 is 1.25 bits per heavy atom. The SMILES string of the molecule is N#CCc1ccc(C(O)C(O)CCN)cc1. The Kier molecular flexibility index (Phi) is 4.93. The highest BCUT2D eigenvalue weighted by atomic mass is 16.3. The summed E-state index contributed by atoms with van der Waals surface area (Å²) < 4.78 is 0. The number of nitrogens with two attached hydrogens (primary N) is 1. The van der Waals surface area contributed by atoms with Crippen molar-refractivity contribution in [3.8, 4) is 6.07 Å². The van der Waals surface area contributed by atoms with Crippen LogP contribution in [0.4, 0.5) is 0 Å². The zero-order valence-corrected chi connectivity index (χ0v) is 9.00. The van der Waals surface area contributed by atoms with E-state index in [1.807, 2.05) is 6.07 Å². The van der Waals surface area contributed by atoms with Crippen LogP contribution in [-0.4, -0.2) is 22.9 Å². The molecule has 86 valence electrons. The molecule has 2 atom stereocenters. The minimum atomic E-state index is -0.917. The largest absolute Gasteiger partial charge is 0.390 e. The molecule has 0 saturated heterocycles. The lowest BCUT2D eigenvalue weighted by atomic mass is 10.0. The molecule has 4 nitrogen and oxygen atoms in total. The Hall–Kier alpha value is -1.41. The third-order valence-corrected chi connectivity index (χ3v) is 2.43. The van der Waals surface area contributed by atoms with E-state index >= 15 is 0 Å². The van der Waals surface area contributed by atoms with Crippen molar-refractivity contribution in [2.75, 3.05) is 6.54 Å². The smallest absolute Gasteiger partial charge is 0.105 e. The van der Waals surface area contributed by atoms with Crippen LogP contribution in [0.3, 0.4) is 0 Å². The first-order valence-electron chi connectivity index (χ1n) is 5.21. The van der Waals surface area contributed by atoms with E-state index in [0.29, 0.717) is 24.9 Å². The summed E-state index contributed by atoms with van der Waals surface area (Å²) in [6, 6.07) is 9.04. The fourth-order valence-corrected chi connectivity index (χ4v) is 1.47.